The van der Waals surface area contributed by atoms with Gasteiger partial charge in [-0.2, -0.15) is 0 Å². The van der Waals surface area contributed by atoms with Gasteiger partial charge in [-0.1, -0.05) is 51.1 Å². The number of hydrogen-bond donors (Lipinski definition) is 0. The second-order valence-electron chi connectivity index (χ2n) is 9.22. The minimum absolute atomic E-state index is 0.0392. The fourth-order valence-electron chi connectivity index (χ4n) is 4.42. The molecule has 3 aromatic carbocycles. The molecule has 3 heterocycles. The molecule has 0 radical (unpaired) electrons. The molecule has 32 heavy (non-hydrogen) atoms. The third-order valence-corrected chi connectivity index (χ3v) is 8.00. The van der Waals surface area contributed by atoms with Gasteiger partial charge in [-0.05, 0) is 74.5 Å². The monoisotopic (exact) mass is 450 g/mol. The Bertz CT molecular complexity index is 1620. The Balaban J connectivity index is 1.56. The van der Waals surface area contributed by atoms with Crippen LogP contribution in [0.5, 0.6) is 0 Å². The van der Waals surface area contributed by atoms with Crippen LogP contribution in [0.15, 0.2) is 78.4 Å². The largest absolute Gasteiger partial charge is 0.236 e. The zero-order valence-corrected chi connectivity index (χ0v) is 19.8. The SMILES string of the molecule is CC(C)(C)c1cc(-c2ncnc3sc(-c4ccc5sccc5c4)cc23)cc2ccccc12. The number of nitrogens with zero attached hydrogens (tertiary/aromatic N) is 2. The van der Waals surface area contributed by atoms with Crippen molar-refractivity contribution < 1.29 is 0 Å². The van der Waals surface area contributed by atoms with Crippen molar-refractivity contribution in [2.24, 2.45) is 0 Å². The maximum absolute atomic E-state index is 4.75. The zero-order valence-electron chi connectivity index (χ0n) is 18.2. The van der Waals surface area contributed by atoms with Crippen LogP contribution in [-0.4, -0.2) is 9.97 Å². The standard InChI is InChI=1S/C28H22N2S2/c1-28(2,3)23-14-20(12-17-6-4-5-7-21(17)23)26-22-15-25(32-27(22)30-16-29-26)18-8-9-24-19(13-18)10-11-31-24/h4-16H,1-3H3. The van der Waals surface area contributed by atoms with Crippen molar-refractivity contribution in [2.75, 3.05) is 0 Å². The van der Waals surface area contributed by atoms with Crippen LogP contribution >= 0.6 is 22.7 Å². The number of hydrogen-bond acceptors (Lipinski definition) is 4. The van der Waals surface area contributed by atoms with Crippen LogP contribution < -0.4 is 0 Å². The third kappa shape index (κ3) is 3.22. The number of benzene rings is 3. The molecule has 0 saturated carbocycles. The highest BCUT2D eigenvalue weighted by Gasteiger charge is 2.20. The van der Waals surface area contributed by atoms with Crippen LogP contribution in [-0.2, 0) is 5.41 Å². The summed E-state index contributed by atoms with van der Waals surface area (Å²) in [7, 11) is 0. The van der Waals surface area contributed by atoms with Crippen LogP contribution in [0.1, 0.15) is 26.3 Å². The van der Waals surface area contributed by atoms with E-state index in [1.165, 1.54) is 36.9 Å². The topological polar surface area (TPSA) is 25.8 Å². The van der Waals surface area contributed by atoms with Gasteiger partial charge in [-0.3, -0.25) is 0 Å². The molecule has 0 bridgehead atoms. The molecule has 0 aliphatic rings. The molecule has 0 fully saturated rings. The highest BCUT2D eigenvalue weighted by atomic mass is 32.1. The van der Waals surface area contributed by atoms with Crippen molar-refractivity contribution >= 4 is 53.7 Å². The minimum atomic E-state index is 0.0392. The summed E-state index contributed by atoms with van der Waals surface area (Å²) >= 11 is 3.52. The molecule has 0 N–H and O–H groups in total. The number of aromatic nitrogens is 2. The van der Waals surface area contributed by atoms with Gasteiger partial charge in [0.15, 0.2) is 0 Å². The van der Waals surface area contributed by atoms with Gasteiger partial charge >= 0.3 is 0 Å². The molecule has 156 valence electrons. The second kappa shape index (κ2) is 7.22. The quantitative estimate of drug-likeness (QED) is 0.264. The molecule has 0 aliphatic carbocycles. The van der Waals surface area contributed by atoms with Crippen molar-refractivity contribution in [2.45, 2.75) is 26.2 Å². The molecule has 4 heteroatoms. The van der Waals surface area contributed by atoms with Crippen molar-refractivity contribution in [1.29, 1.82) is 0 Å². The van der Waals surface area contributed by atoms with Crippen molar-refractivity contribution in [3.8, 4) is 21.7 Å². The van der Waals surface area contributed by atoms with E-state index in [-0.39, 0.29) is 5.41 Å². The first-order chi connectivity index (χ1) is 15.5. The first kappa shape index (κ1) is 19.6. The van der Waals surface area contributed by atoms with E-state index in [4.69, 9.17) is 4.98 Å². The lowest BCUT2D eigenvalue weighted by atomic mass is 9.82. The molecule has 6 rings (SSSR count). The Kier molecular flexibility index (Phi) is 4.42. The Labute approximate surface area is 195 Å². The second-order valence-corrected chi connectivity index (χ2v) is 11.2. The van der Waals surface area contributed by atoms with Gasteiger partial charge in [0.1, 0.15) is 11.2 Å². The van der Waals surface area contributed by atoms with Gasteiger partial charge in [0.2, 0.25) is 0 Å². The van der Waals surface area contributed by atoms with Gasteiger partial charge < -0.3 is 0 Å². The number of fused-ring (bicyclic) bond motifs is 3. The van der Waals surface area contributed by atoms with Crippen LogP contribution in [0, 0.1) is 0 Å². The molecular weight excluding hydrogens is 428 g/mol. The van der Waals surface area contributed by atoms with Crippen LogP contribution in [0.25, 0.3) is 52.8 Å². The first-order valence-corrected chi connectivity index (χ1v) is 12.4. The molecule has 6 aromatic rings. The summed E-state index contributed by atoms with van der Waals surface area (Å²) in [4.78, 5) is 11.6. The van der Waals surface area contributed by atoms with E-state index in [1.807, 2.05) is 0 Å². The predicted molar refractivity (Wildman–Crippen MR) is 140 cm³/mol. The van der Waals surface area contributed by atoms with Crippen LogP contribution in [0.4, 0.5) is 0 Å². The molecule has 0 atom stereocenters. The molecule has 0 saturated heterocycles. The normalized spacial score (nSPS) is 12.2. The highest BCUT2D eigenvalue weighted by molar-refractivity contribution is 7.22. The zero-order chi connectivity index (χ0) is 21.9. The summed E-state index contributed by atoms with van der Waals surface area (Å²) in [6.07, 6.45) is 1.70. The molecule has 2 nitrogen and oxygen atoms in total. The summed E-state index contributed by atoms with van der Waals surface area (Å²) in [6.45, 7) is 6.83. The average Bonchev–Trinajstić information content (AvgIpc) is 3.43. The maximum Gasteiger partial charge on any atom is 0.127 e. The van der Waals surface area contributed by atoms with Gasteiger partial charge in [0.25, 0.3) is 0 Å². The van der Waals surface area contributed by atoms with Gasteiger partial charge in [-0.25, -0.2) is 9.97 Å². The predicted octanol–water partition coefficient (Wildman–Crippen LogP) is 8.69. The molecular formula is C28H22N2S2. The lowest BCUT2D eigenvalue weighted by Crippen LogP contribution is -2.12. The van der Waals surface area contributed by atoms with E-state index in [0.29, 0.717) is 0 Å². The fourth-order valence-corrected chi connectivity index (χ4v) is 6.18. The summed E-state index contributed by atoms with van der Waals surface area (Å²) in [5.41, 5.74) is 4.77. The van der Waals surface area contributed by atoms with Crippen molar-refractivity contribution in [3.05, 3.63) is 84.0 Å². The van der Waals surface area contributed by atoms with Crippen molar-refractivity contribution in [1.82, 2.24) is 9.97 Å². The molecule has 0 spiro atoms. The lowest BCUT2D eigenvalue weighted by molar-refractivity contribution is 0.596. The lowest BCUT2D eigenvalue weighted by Gasteiger charge is -2.22. The van der Waals surface area contributed by atoms with E-state index >= 15 is 0 Å². The fraction of sp³-hybridized carbons (Fsp3) is 0.143. The van der Waals surface area contributed by atoms with Crippen molar-refractivity contribution in [3.63, 3.8) is 0 Å². The maximum atomic E-state index is 4.75. The highest BCUT2D eigenvalue weighted by Crippen LogP contribution is 2.40. The Morgan fingerprint density at radius 3 is 2.47 bits per heavy atom. The third-order valence-electron chi connectivity index (χ3n) is 6.01. The number of thiophene rings is 2. The molecule has 3 aromatic heterocycles. The smallest absolute Gasteiger partial charge is 0.127 e. The molecule has 0 unspecified atom stereocenters. The van der Waals surface area contributed by atoms with E-state index in [9.17, 15) is 0 Å². The van der Waals surface area contributed by atoms with E-state index in [2.05, 4.69) is 97.9 Å². The van der Waals surface area contributed by atoms with E-state index in [1.54, 1.807) is 29.0 Å². The summed E-state index contributed by atoms with van der Waals surface area (Å²) in [5, 5.41) is 7.12. The minimum Gasteiger partial charge on any atom is -0.236 e. The van der Waals surface area contributed by atoms with Gasteiger partial charge in [0.05, 0.1) is 5.69 Å². The molecule has 0 amide bonds. The Morgan fingerprint density at radius 1 is 0.750 bits per heavy atom. The average molecular weight is 451 g/mol. The summed E-state index contributed by atoms with van der Waals surface area (Å²) in [6, 6.07) is 24.4. The first-order valence-electron chi connectivity index (χ1n) is 10.7. The summed E-state index contributed by atoms with van der Waals surface area (Å²) in [5.74, 6) is 0. The van der Waals surface area contributed by atoms with E-state index < -0.39 is 0 Å². The summed E-state index contributed by atoms with van der Waals surface area (Å²) < 4.78 is 1.32. The van der Waals surface area contributed by atoms with Gasteiger partial charge in [0, 0.05) is 20.5 Å². The van der Waals surface area contributed by atoms with E-state index in [0.717, 1.165) is 21.5 Å². The molecule has 0 aliphatic heterocycles. The Hall–Kier alpha value is -3.08. The van der Waals surface area contributed by atoms with Crippen LogP contribution in [0.2, 0.25) is 0 Å². The Morgan fingerprint density at radius 2 is 1.59 bits per heavy atom. The number of rotatable bonds is 2. The van der Waals surface area contributed by atoms with Gasteiger partial charge in [-0.15, -0.1) is 22.7 Å². The van der Waals surface area contributed by atoms with Crippen LogP contribution in [0.3, 0.4) is 0 Å².